The molecule has 1 rings (SSSR count). The summed E-state index contributed by atoms with van der Waals surface area (Å²) in [5.41, 5.74) is 1.43. The van der Waals surface area contributed by atoms with Gasteiger partial charge in [0.15, 0.2) is 0 Å². The Hall–Kier alpha value is -1.77. The largest absolute Gasteiger partial charge is 0.489 e. The summed E-state index contributed by atoms with van der Waals surface area (Å²) in [5.74, 6) is 0.413. The van der Waals surface area contributed by atoms with Crippen LogP contribution in [0.1, 0.15) is 23.3 Å². The summed E-state index contributed by atoms with van der Waals surface area (Å²) < 4.78 is 10.0. The van der Waals surface area contributed by atoms with Crippen LogP contribution in [0, 0.1) is 6.92 Å². The molecule has 0 aromatic heterocycles. The van der Waals surface area contributed by atoms with E-state index >= 15 is 0 Å². The zero-order valence-electron chi connectivity index (χ0n) is 8.95. The van der Waals surface area contributed by atoms with E-state index in [1.165, 1.54) is 7.11 Å². The smallest absolute Gasteiger partial charge is 0.337 e. The predicted octanol–water partition coefficient (Wildman–Crippen LogP) is 2.98. The Labute approximate surface area is 96.7 Å². The van der Waals surface area contributed by atoms with Crippen molar-refractivity contribution in [3.05, 3.63) is 42.0 Å². The Morgan fingerprint density at radius 2 is 2.19 bits per heavy atom. The first kappa shape index (κ1) is 14.2. The fourth-order valence-corrected chi connectivity index (χ4v) is 1.20. The SMILES string of the molecule is C.C=CCOc1ccc(C(=O)OC)cc1C. The van der Waals surface area contributed by atoms with E-state index in [1.807, 2.05) is 6.92 Å². The fraction of sp³-hybridized carbons (Fsp3) is 0.308. The lowest BCUT2D eigenvalue weighted by Gasteiger charge is -2.08. The van der Waals surface area contributed by atoms with Gasteiger partial charge in [-0.1, -0.05) is 20.1 Å². The molecule has 88 valence electrons. The van der Waals surface area contributed by atoms with Gasteiger partial charge in [0.1, 0.15) is 12.4 Å². The molecule has 0 spiro atoms. The van der Waals surface area contributed by atoms with Gasteiger partial charge < -0.3 is 9.47 Å². The van der Waals surface area contributed by atoms with Gasteiger partial charge in [-0.3, -0.25) is 0 Å². The van der Waals surface area contributed by atoms with Crippen molar-refractivity contribution in [1.29, 1.82) is 0 Å². The average Bonchev–Trinajstić information content (AvgIpc) is 2.26. The molecule has 0 saturated heterocycles. The molecule has 0 heterocycles. The maximum atomic E-state index is 11.2. The maximum absolute atomic E-state index is 11.2. The summed E-state index contributed by atoms with van der Waals surface area (Å²) in [6.07, 6.45) is 1.67. The molecule has 3 nitrogen and oxygen atoms in total. The fourth-order valence-electron chi connectivity index (χ4n) is 1.20. The molecule has 0 radical (unpaired) electrons. The van der Waals surface area contributed by atoms with Crippen molar-refractivity contribution in [1.82, 2.24) is 0 Å². The van der Waals surface area contributed by atoms with Crippen molar-refractivity contribution >= 4 is 5.97 Å². The zero-order valence-corrected chi connectivity index (χ0v) is 8.95. The van der Waals surface area contributed by atoms with Crippen LogP contribution >= 0.6 is 0 Å². The van der Waals surface area contributed by atoms with Crippen LogP contribution in [-0.4, -0.2) is 19.7 Å². The number of carbonyl (C=O) groups excluding carboxylic acids is 1. The molecule has 0 aliphatic rings. The van der Waals surface area contributed by atoms with Crippen molar-refractivity contribution in [3.63, 3.8) is 0 Å². The summed E-state index contributed by atoms with van der Waals surface area (Å²) in [5, 5.41) is 0. The monoisotopic (exact) mass is 222 g/mol. The van der Waals surface area contributed by atoms with Gasteiger partial charge in [-0.15, -0.1) is 0 Å². The summed E-state index contributed by atoms with van der Waals surface area (Å²) in [6.45, 7) is 5.90. The van der Waals surface area contributed by atoms with E-state index in [9.17, 15) is 4.79 Å². The second kappa shape index (κ2) is 6.67. The lowest BCUT2D eigenvalue weighted by atomic mass is 10.1. The topological polar surface area (TPSA) is 35.5 Å². The first-order valence-electron chi connectivity index (χ1n) is 4.61. The number of carbonyl (C=O) groups is 1. The Kier molecular flexibility index (Phi) is 5.93. The highest BCUT2D eigenvalue weighted by molar-refractivity contribution is 5.89. The third kappa shape index (κ3) is 3.42. The van der Waals surface area contributed by atoms with Crippen LogP contribution in [0.5, 0.6) is 5.75 Å². The van der Waals surface area contributed by atoms with Crippen LogP contribution in [0.15, 0.2) is 30.9 Å². The quantitative estimate of drug-likeness (QED) is 0.580. The Morgan fingerprint density at radius 1 is 1.50 bits per heavy atom. The van der Waals surface area contributed by atoms with Crippen molar-refractivity contribution in [2.24, 2.45) is 0 Å². The molecule has 0 amide bonds. The molecule has 0 fully saturated rings. The van der Waals surface area contributed by atoms with E-state index in [-0.39, 0.29) is 13.4 Å². The normalized spacial score (nSPS) is 8.88. The van der Waals surface area contributed by atoms with E-state index < -0.39 is 0 Å². The lowest BCUT2D eigenvalue weighted by Crippen LogP contribution is -2.02. The zero-order chi connectivity index (χ0) is 11.3. The highest BCUT2D eigenvalue weighted by Gasteiger charge is 2.07. The second-order valence-electron chi connectivity index (χ2n) is 3.07. The first-order valence-corrected chi connectivity index (χ1v) is 4.61. The van der Waals surface area contributed by atoms with Crippen LogP contribution in [0.3, 0.4) is 0 Å². The molecular formula is C13H18O3. The molecule has 0 unspecified atom stereocenters. The van der Waals surface area contributed by atoms with E-state index in [4.69, 9.17) is 4.74 Å². The van der Waals surface area contributed by atoms with Crippen molar-refractivity contribution in [2.75, 3.05) is 13.7 Å². The van der Waals surface area contributed by atoms with Crippen molar-refractivity contribution in [2.45, 2.75) is 14.4 Å². The van der Waals surface area contributed by atoms with E-state index in [0.29, 0.717) is 12.2 Å². The number of hydrogen-bond donors (Lipinski definition) is 0. The average molecular weight is 222 g/mol. The van der Waals surface area contributed by atoms with Crippen molar-refractivity contribution in [3.8, 4) is 5.75 Å². The molecule has 0 saturated carbocycles. The van der Waals surface area contributed by atoms with Gasteiger partial charge in [-0.25, -0.2) is 4.79 Å². The molecular weight excluding hydrogens is 204 g/mol. The standard InChI is InChI=1S/C12H14O3.CH4/c1-4-7-15-11-6-5-10(8-9(11)2)12(13)14-3;/h4-6,8H,1,7H2,2-3H3;1H4. The van der Waals surface area contributed by atoms with Crippen LogP contribution in [-0.2, 0) is 4.74 Å². The molecule has 1 aromatic rings. The van der Waals surface area contributed by atoms with Gasteiger partial charge in [0.25, 0.3) is 0 Å². The van der Waals surface area contributed by atoms with Gasteiger partial charge >= 0.3 is 5.97 Å². The number of ether oxygens (including phenoxy) is 2. The Morgan fingerprint density at radius 3 is 2.69 bits per heavy atom. The van der Waals surface area contributed by atoms with Crippen molar-refractivity contribution < 1.29 is 14.3 Å². The third-order valence-electron chi connectivity index (χ3n) is 1.95. The maximum Gasteiger partial charge on any atom is 0.337 e. The first-order chi connectivity index (χ1) is 7.19. The number of hydrogen-bond acceptors (Lipinski definition) is 3. The molecule has 16 heavy (non-hydrogen) atoms. The minimum atomic E-state index is -0.339. The lowest BCUT2D eigenvalue weighted by molar-refractivity contribution is 0.0600. The minimum absolute atomic E-state index is 0. The number of benzene rings is 1. The Bertz CT molecular complexity index is 369. The molecule has 0 N–H and O–H groups in total. The van der Waals surface area contributed by atoms with Gasteiger partial charge in [0.2, 0.25) is 0 Å². The summed E-state index contributed by atoms with van der Waals surface area (Å²) in [4.78, 5) is 11.2. The van der Waals surface area contributed by atoms with Crippen LogP contribution in [0.2, 0.25) is 0 Å². The van der Waals surface area contributed by atoms with E-state index in [2.05, 4.69) is 11.3 Å². The third-order valence-corrected chi connectivity index (χ3v) is 1.95. The van der Waals surface area contributed by atoms with Gasteiger partial charge in [0, 0.05) is 0 Å². The molecule has 3 heteroatoms. The summed E-state index contributed by atoms with van der Waals surface area (Å²) in [6, 6.07) is 5.17. The van der Waals surface area contributed by atoms with Gasteiger partial charge in [0.05, 0.1) is 12.7 Å². The molecule has 1 aromatic carbocycles. The van der Waals surface area contributed by atoms with E-state index in [1.54, 1.807) is 24.3 Å². The summed E-state index contributed by atoms with van der Waals surface area (Å²) in [7, 11) is 1.36. The van der Waals surface area contributed by atoms with Crippen LogP contribution in [0.25, 0.3) is 0 Å². The van der Waals surface area contributed by atoms with Gasteiger partial charge in [-0.2, -0.15) is 0 Å². The van der Waals surface area contributed by atoms with E-state index in [0.717, 1.165) is 11.3 Å². The highest BCUT2D eigenvalue weighted by Crippen LogP contribution is 2.19. The number of esters is 1. The number of rotatable bonds is 4. The van der Waals surface area contributed by atoms with Gasteiger partial charge in [-0.05, 0) is 30.7 Å². The number of methoxy groups -OCH3 is 1. The Balaban J connectivity index is 0.00000225. The molecule has 0 bridgehead atoms. The van der Waals surface area contributed by atoms with Crippen LogP contribution in [0.4, 0.5) is 0 Å². The molecule has 0 aliphatic heterocycles. The predicted molar refractivity (Wildman–Crippen MR) is 64.9 cm³/mol. The summed E-state index contributed by atoms with van der Waals surface area (Å²) >= 11 is 0. The molecule has 0 aliphatic carbocycles. The molecule has 0 atom stereocenters. The van der Waals surface area contributed by atoms with Crippen LogP contribution < -0.4 is 4.74 Å². The number of aryl methyl sites for hydroxylation is 1. The highest BCUT2D eigenvalue weighted by atomic mass is 16.5. The minimum Gasteiger partial charge on any atom is -0.489 e. The second-order valence-corrected chi connectivity index (χ2v) is 3.07.